The normalized spacial score (nSPS) is 19.2. The van der Waals surface area contributed by atoms with E-state index < -0.39 is 5.60 Å². The second kappa shape index (κ2) is 10.4. The Kier molecular flexibility index (Phi) is 7.17. The van der Waals surface area contributed by atoms with Crippen molar-refractivity contribution in [3.8, 4) is 11.8 Å². The fraction of sp³-hybridized carbons (Fsp3) is 0.571. The molecule has 2 aliphatic rings. The molecule has 5 rings (SSSR count). The molecule has 0 aliphatic carbocycles. The number of ether oxygens (including phenoxy) is 3. The summed E-state index contributed by atoms with van der Waals surface area (Å²) in [6.07, 6.45) is 3.42. The van der Waals surface area contributed by atoms with Crippen LogP contribution in [0.1, 0.15) is 57.6 Å². The highest BCUT2D eigenvalue weighted by atomic mass is 16.6. The van der Waals surface area contributed by atoms with Gasteiger partial charge in [-0.25, -0.2) is 9.48 Å². The highest BCUT2D eigenvalue weighted by molar-refractivity contribution is 5.82. The number of methoxy groups -OCH3 is 1. The van der Waals surface area contributed by atoms with E-state index in [9.17, 15) is 4.79 Å². The van der Waals surface area contributed by atoms with Crippen LogP contribution in [0.4, 0.5) is 10.6 Å². The summed E-state index contributed by atoms with van der Waals surface area (Å²) in [6.45, 7) is 13.4. The van der Waals surface area contributed by atoms with E-state index in [2.05, 4.69) is 40.8 Å². The minimum atomic E-state index is -0.489. The second-order valence-corrected chi connectivity index (χ2v) is 11.3. The van der Waals surface area contributed by atoms with E-state index in [0.717, 1.165) is 36.1 Å². The molecule has 2 saturated heterocycles. The summed E-state index contributed by atoms with van der Waals surface area (Å²) < 4.78 is 18.5. The third-order valence-corrected chi connectivity index (χ3v) is 7.28. The number of carbonyl (C=O) groups is 1. The van der Waals surface area contributed by atoms with Crippen molar-refractivity contribution in [2.45, 2.75) is 65.0 Å². The number of aryl methyl sites for hydroxylation is 1. The molecule has 10 heteroatoms. The van der Waals surface area contributed by atoms with Crippen LogP contribution in [0.15, 0.2) is 24.4 Å². The molecule has 2 aliphatic heterocycles. The molecule has 0 N–H and O–H groups in total. The average Bonchev–Trinajstić information content (AvgIpc) is 3.30. The summed E-state index contributed by atoms with van der Waals surface area (Å²) in [5.41, 5.74) is 3.01. The first-order chi connectivity index (χ1) is 18.1. The van der Waals surface area contributed by atoms with Gasteiger partial charge in [-0.1, -0.05) is 0 Å². The number of amides is 1. The third-order valence-electron chi connectivity index (χ3n) is 7.28. The number of aromatic nitrogens is 4. The molecule has 4 heterocycles. The maximum atomic E-state index is 12.5. The van der Waals surface area contributed by atoms with Gasteiger partial charge in [0, 0.05) is 31.1 Å². The highest BCUT2D eigenvalue weighted by Gasteiger charge is 2.29. The largest absolute Gasteiger partial charge is 0.467 e. The molecule has 3 aromatic rings. The number of likely N-dealkylation sites (tertiary alicyclic amines) is 1. The van der Waals surface area contributed by atoms with Crippen molar-refractivity contribution in [2.24, 2.45) is 0 Å². The van der Waals surface area contributed by atoms with Crippen LogP contribution in [0, 0.1) is 6.92 Å². The molecular formula is C28H38N6O4. The standard InChI is InChI=1S/C28H38N6O4/c1-18-13-21-16-29-34(25-15-24(30-26(31-25)36-6)33-11-12-37-17-19(33)2)23(21)14-22(18)20-7-9-32(10-8-20)27(35)38-28(3,4)5/h13-16,19-20H,7-12,17H2,1-6H3/t19-/m0/s1. The lowest BCUT2D eigenvalue weighted by molar-refractivity contribution is 0.0205. The van der Waals surface area contributed by atoms with Gasteiger partial charge in [0.25, 0.3) is 0 Å². The highest BCUT2D eigenvalue weighted by Crippen LogP contribution is 2.34. The number of morpholine rings is 1. The van der Waals surface area contributed by atoms with Crippen molar-refractivity contribution in [3.05, 3.63) is 35.5 Å². The van der Waals surface area contributed by atoms with E-state index >= 15 is 0 Å². The van der Waals surface area contributed by atoms with Crippen molar-refractivity contribution in [1.82, 2.24) is 24.6 Å². The van der Waals surface area contributed by atoms with E-state index in [-0.39, 0.29) is 12.1 Å². The van der Waals surface area contributed by atoms with Crippen LogP contribution in [-0.4, -0.2) is 82.3 Å². The lowest BCUT2D eigenvalue weighted by atomic mass is 9.86. The van der Waals surface area contributed by atoms with Crippen molar-refractivity contribution >= 4 is 22.8 Å². The first kappa shape index (κ1) is 26.2. The van der Waals surface area contributed by atoms with Crippen LogP contribution in [0.5, 0.6) is 6.01 Å². The van der Waals surface area contributed by atoms with Crippen LogP contribution in [0.2, 0.25) is 0 Å². The van der Waals surface area contributed by atoms with Crippen molar-refractivity contribution in [1.29, 1.82) is 0 Å². The Hall–Kier alpha value is -3.40. The summed E-state index contributed by atoms with van der Waals surface area (Å²) in [7, 11) is 1.58. The zero-order valence-corrected chi connectivity index (χ0v) is 23.2. The van der Waals surface area contributed by atoms with Crippen molar-refractivity contribution in [3.63, 3.8) is 0 Å². The van der Waals surface area contributed by atoms with Crippen LogP contribution >= 0.6 is 0 Å². The Balaban J connectivity index is 1.43. The first-order valence-corrected chi connectivity index (χ1v) is 13.4. The fourth-order valence-corrected chi connectivity index (χ4v) is 5.34. The summed E-state index contributed by atoms with van der Waals surface area (Å²) in [5, 5.41) is 5.75. The third kappa shape index (κ3) is 5.41. The van der Waals surface area contributed by atoms with Crippen LogP contribution in [0.25, 0.3) is 16.7 Å². The molecule has 0 saturated carbocycles. The number of piperidine rings is 1. The monoisotopic (exact) mass is 522 g/mol. The Morgan fingerprint density at radius 3 is 2.50 bits per heavy atom. The SMILES string of the molecule is COc1nc(N2CCOC[C@@H]2C)cc(-n2ncc3cc(C)c(C4CCN(C(=O)OC(C)(C)C)CC4)cc32)n1. The lowest BCUT2D eigenvalue weighted by Gasteiger charge is -2.34. The van der Waals surface area contributed by atoms with E-state index in [1.165, 1.54) is 11.1 Å². The molecule has 38 heavy (non-hydrogen) atoms. The number of anilines is 1. The van der Waals surface area contributed by atoms with Crippen molar-refractivity contribution in [2.75, 3.05) is 44.9 Å². The smallest absolute Gasteiger partial charge is 0.410 e. The number of carbonyl (C=O) groups excluding carboxylic acids is 1. The van der Waals surface area contributed by atoms with E-state index in [1.54, 1.807) is 7.11 Å². The summed E-state index contributed by atoms with van der Waals surface area (Å²) in [5.74, 6) is 1.81. The van der Waals surface area contributed by atoms with Gasteiger partial charge in [-0.2, -0.15) is 15.1 Å². The van der Waals surface area contributed by atoms with Gasteiger partial charge in [-0.05, 0) is 76.6 Å². The van der Waals surface area contributed by atoms with Gasteiger partial charge >= 0.3 is 12.1 Å². The Labute approximate surface area is 223 Å². The number of rotatable bonds is 4. The summed E-state index contributed by atoms with van der Waals surface area (Å²) in [6, 6.07) is 6.90. The van der Waals surface area contributed by atoms with Crippen LogP contribution in [-0.2, 0) is 9.47 Å². The zero-order chi connectivity index (χ0) is 27.0. The molecule has 2 fully saturated rings. The molecule has 1 aromatic carbocycles. The Bertz CT molecular complexity index is 1310. The van der Waals surface area contributed by atoms with E-state index in [1.807, 2.05) is 42.6 Å². The molecule has 10 nitrogen and oxygen atoms in total. The lowest BCUT2D eigenvalue weighted by Crippen LogP contribution is -2.44. The Morgan fingerprint density at radius 2 is 1.82 bits per heavy atom. The van der Waals surface area contributed by atoms with Gasteiger partial charge < -0.3 is 24.0 Å². The average molecular weight is 523 g/mol. The number of fused-ring (bicyclic) bond motifs is 1. The molecule has 1 amide bonds. The number of hydrogen-bond acceptors (Lipinski definition) is 8. The molecular weight excluding hydrogens is 484 g/mol. The molecule has 204 valence electrons. The van der Waals surface area contributed by atoms with E-state index in [4.69, 9.17) is 19.3 Å². The van der Waals surface area contributed by atoms with Crippen molar-refractivity contribution < 1.29 is 19.0 Å². The minimum Gasteiger partial charge on any atom is -0.467 e. The second-order valence-electron chi connectivity index (χ2n) is 11.3. The molecule has 2 aromatic heterocycles. The topological polar surface area (TPSA) is 94.8 Å². The summed E-state index contributed by atoms with van der Waals surface area (Å²) in [4.78, 5) is 25.8. The van der Waals surface area contributed by atoms with Gasteiger partial charge in [-0.3, -0.25) is 0 Å². The van der Waals surface area contributed by atoms with Crippen LogP contribution < -0.4 is 9.64 Å². The Morgan fingerprint density at radius 1 is 1.08 bits per heavy atom. The van der Waals surface area contributed by atoms with E-state index in [0.29, 0.717) is 44.0 Å². The molecule has 1 atom stereocenters. The first-order valence-electron chi connectivity index (χ1n) is 13.4. The molecule has 0 unspecified atom stereocenters. The van der Waals surface area contributed by atoms with Gasteiger partial charge in [0.15, 0.2) is 5.82 Å². The zero-order valence-electron chi connectivity index (χ0n) is 23.2. The number of benzene rings is 1. The van der Waals surface area contributed by atoms with Crippen LogP contribution in [0.3, 0.4) is 0 Å². The van der Waals surface area contributed by atoms with Gasteiger partial charge in [0.05, 0.1) is 38.1 Å². The predicted octanol–water partition coefficient (Wildman–Crippen LogP) is 4.47. The number of hydrogen-bond donors (Lipinski definition) is 0. The fourth-order valence-electron chi connectivity index (χ4n) is 5.34. The molecule has 0 spiro atoms. The van der Waals surface area contributed by atoms with Gasteiger partial charge in [0.1, 0.15) is 11.4 Å². The summed E-state index contributed by atoms with van der Waals surface area (Å²) >= 11 is 0. The molecule has 0 bridgehead atoms. The number of nitrogens with zero attached hydrogens (tertiary/aromatic N) is 6. The quantitative estimate of drug-likeness (QED) is 0.495. The van der Waals surface area contributed by atoms with Gasteiger partial charge in [-0.15, -0.1) is 0 Å². The maximum absolute atomic E-state index is 12.5. The minimum absolute atomic E-state index is 0.200. The van der Waals surface area contributed by atoms with Gasteiger partial charge in [0.2, 0.25) is 0 Å². The molecule has 0 radical (unpaired) electrons. The maximum Gasteiger partial charge on any atom is 0.410 e. The predicted molar refractivity (Wildman–Crippen MR) is 145 cm³/mol.